The Morgan fingerprint density at radius 1 is 1.47 bits per heavy atom. The number of nitrogens with zero attached hydrogens (tertiary/aromatic N) is 2. The molecule has 0 aliphatic carbocycles. The maximum atomic E-state index is 10.7. The highest BCUT2D eigenvalue weighted by atomic mass is 32.2. The van der Waals surface area contributed by atoms with E-state index < -0.39 is 15.6 Å². The van der Waals surface area contributed by atoms with Gasteiger partial charge in [-0.05, 0) is 6.92 Å². The van der Waals surface area contributed by atoms with E-state index in [0.717, 1.165) is 11.0 Å². The second-order valence-electron chi connectivity index (χ2n) is 3.46. The van der Waals surface area contributed by atoms with Gasteiger partial charge in [-0.3, -0.25) is 4.48 Å². The van der Waals surface area contributed by atoms with Gasteiger partial charge in [0.05, 0.1) is 19.8 Å². The molecule has 0 amide bonds. The zero-order valence-corrected chi connectivity index (χ0v) is 10.3. The van der Waals surface area contributed by atoms with Crippen LogP contribution in [-0.4, -0.2) is 42.4 Å². The van der Waals surface area contributed by atoms with Crippen LogP contribution < -0.4 is 0 Å². The third kappa shape index (κ3) is 4.44. The number of hydrogen-bond acceptors (Lipinski definition) is 4. The molecule has 0 radical (unpaired) electrons. The number of quaternary nitrogens is 1. The molecular weight excluding hydrogens is 261 g/mol. The van der Waals surface area contributed by atoms with Crippen molar-refractivity contribution in [3.63, 3.8) is 0 Å². The minimum Gasteiger partial charge on any atom is -0.741 e. The van der Waals surface area contributed by atoms with Crippen molar-refractivity contribution >= 4 is 16.0 Å². The van der Waals surface area contributed by atoms with Crippen LogP contribution in [0.5, 0.6) is 0 Å². The number of rotatable bonds is 1. The molecule has 5 nitrogen and oxygen atoms in total. The minimum absolute atomic E-state index is 0.875. The second-order valence-corrected chi connectivity index (χ2v) is 4.83. The summed E-state index contributed by atoms with van der Waals surface area (Å²) in [6.07, 6.45) is 3.98. The second kappa shape index (κ2) is 5.15. The first-order valence-corrected chi connectivity index (χ1v) is 5.95. The van der Waals surface area contributed by atoms with E-state index in [9.17, 15) is 13.2 Å². The van der Waals surface area contributed by atoms with Crippen LogP contribution in [0.25, 0.3) is 0 Å². The molecule has 1 rings (SSSR count). The third-order valence-corrected chi connectivity index (χ3v) is 2.90. The topological polar surface area (TPSA) is 69.6 Å². The fraction of sp³-hybridized carbons (Fsp3) is 0.625. The molecule has 0 spiro atoms. The van der Waals surface area contributed by atoms with Crippen molar-refractivity contribution < 1.29 is 30.6 Å². The van der Waals surface area contributed by atoms with E-state index in [2.05, 4.69) is 32.1 Å². The van der Waals surface area contributed by atoms with E-state index in [1.807, 2.05) is 6.20 Å². The van der Waals surface area contributed by atoms with Crippen LogP contribution in [0.15, 0.2) is 17.4 Å². The minimum atomic E-state index is -6.09. The lowest BCUT2D eigenvalue weighted by atomic mass is 10.4. The van der Waals surface area contributed by atoms with Gasteiger partial charge in [0.15, 0.2) is 10.1 Å². The third-order valence-electron chi connectivity index (χ3n) is 2.34. The summed E-state index contributed by atoms with van der Waals surface area (Å²) >= 11 is 0. The van der Waals surface area contributed by atoms with Crippen LogP contribution in [-0.2, 0) is 10.1 Å². The quantitative estimate of drug-likeness (QED) is 0.412. The smallest absolute Gasteiger partial charge is 0.485 e. The number of amidine groups is 1. The molecule has 0 aromatic heterocycles. The molecule has 17 heavy (non-hydrogen) atoms. The number of aliphatic imine (C=N–C) groups is 1. The molecule has 9 heteroatoms. The first-order valence-electron chi connectivity index (χ1n) is 4.54. The van der Waals surface area contributed by atoms with Gasteiger partial charge in [0.2, 0.25) is 5.84 Å². The van der Waals surface area contributed by atoms with Gasteiger partial charge in [-0.2, -0.15) is 13.2 Å². The zero-order chi connectivity index (χ0) is 13.9. The van der Waals surface area contributed by atoms with Crippen molar-refractivity contribution in [3.8, 4) is 0 Å². The van der Waals surface area contributed by atoms with E-state index in [1.165, 1.54) is 5.84 Å². The van der Waals surface area contributed by atoms with Crippen LogP contribution in [0.2, 0.25) is 0 Å². The molecule has 1 aliphatic rings. The van der Waals surface area contributed by atoms with E-state index in [0.29, 0.717) is 0 Å². The Kier molecular flexibility index (Phi) is 4.87. The Hall–Kier alpha value is -0.930. The van der Waals surface area contributed by atoms with Crippen LogP contribution in [0.4, 0.5) is 13.2 Å². The summed E-state index contributed by atoms with van der Waals surface area (Å²) in [6, 6.07) is 0. The van der Waals surface area contributed by atoms with Crippen LogP contribution in [0, 0.1) is 0 Å². The van der Waals surface area contributed by atoms with Crippen molar-refractivity contribution in [2.75, 3.05) is 13.6 Å². The molecule has 1 unspecified atom stereocenters. The van der Waals surface area contributed by atoms with Gasteiger partial charge in [0, 0.05) is 6.92 Å². The molecule has 0 aromatic rings. The normalized spacial score (nSPS) is 24.1. The van der Waals surface area contributed by atoms with Gasteiger partial charge >= 0.3 is 5.51 Å². The lowest BCUT2D eigenvalue weighted by molar-refractivity contribution is -0.761. The van der Waals surface area contributed by atoms with Gasteiger partial charge in [0.25, 0.3) is 0 Å². The molecule has 100 valence electrons. The lowest BCUT2D eigenvalue weighted by Crippen LogP contribution is -2.40. The van der Waals surface area contributed by atoms with Crippen LogP contribution in [0.1, 0.15) is 13.8 Å². The van der Waals surface area contributed by atoms with Crippen molar-refractivity contribution in [1.82, 2.24) is 0 Å². The average molecular weight is 274 g/mol. The first kappa shape index (κ1) is 16.1. The summed E-state index contributed by atoms with van der Waals surface area (Å²) in [5.41, 5.74) is -5.65. The SMILES string of the molecule is CC[N+]1(C)C=CN=C1C.O=S(=O)([O-])C(F)(F)F. The number of alkyl halides is 3. The molecule has 0 saturated heterocycles. The van der Waals surface area contributed by atoms with E-state index in [4.69, 9.17) is 13.0 Å². The van der Waals surface area contributed by atoms with Crippen LogP contribution in [0.3, 0.4) is 0 Å². The van der Waals surface area contributed by atoms with Crippen molar-refractivity contribution in [1.29, 1.82) is 0 Å². The molecule has 1 atom stereocenters. The lowest BCUT2D eigenvalue weighted by Gasteiger charge is -2.23. The summed E-state index contributed by atoms with van der Waals surface area (Å²) in [4.78, 5) is 4.17. The Morgan fingerprint density at radius 3 is 2.00 bits per heavy atom. The van der Waals surface area contributed by atoms with E-state index in [1.54, 1.807) is 0 Å². The Balaban J connectivity index is 0.000000304. The van der Waals surface area contributed by atoms with Gasteiger partial charge in [-0.25, -0.2) is 13.4 Å². The van der Waals surface area contributed by atoms with Crippen molar-refractivity contribution in [3.05, 3.63) is 12.4 Å². The highest BCUT2D eigenvalue weighted by molar-refractivity contribution is 7.86. The van der Waals surface area contributed by atoms with Gasteiger partial charge in [0.1, 0.15) is 6.20 Å². The summed E-state index contributed by atoms with van der Waals surface area (Å²) in [5, 5.41) is 0. The molecular formula is C8H13F3N2O3S. The number of halogens is 3. The molecule has 0 N–H and O–H groups in total. The largest absolute Gasteiger partial charge is 0.741 e. The maximum Gasteiger partial charge on any atom is 0.485 e. The Labute approximate surface area is 97.6 Å². The molecule has 0 bridgehead atoms. The summed E-state index contributed by atoms with van der Waals surface area (Å²) < 4.78 is 59.8. The van der Waals surface area contributed by atoms with Gasteiger partial charge in [-0.15, -0.1) is 0 Å². The summed E-state index contributed by atoms with van der Waals surface area (Å²) in [6.45, 7) is 5.31. The molecule has 1 aliphatic heterocycles. The fourth-order valence-electron chi connectivity index (χ4n) is 0.862. The fourth-order valence-corrected chi connectivity index (χ4v) is 0.862. The first-order chi connectivity index (χ1) is 7.44. The Morgan fingerprint density at radius 2 is 1.88 bits per heavy atom. The van der Waals surface area contributed by atoms with Gasteiger partial charge < -0.3 is 4.55 Å². The predicted octanol–water partition coefficient (Wildman–Crippen LogP) is 1.41. The molecule has 0 fully saturated rings. The summed E-state index contributed by atoms with van der Waals surface area (Å²) in [7, 11) is -3.94. The molecule has 1 heterocycles. The zero-order valence-electron chi connectivity index (χ0n) is 9.52. The average Bonchev–Trinajstić information content (AvgIpc) is 2.46. The van der Waals surface area contributed by atoms with Crippen molar-refractivity contribution in [2.45, 2.75) is 19.4 Å². The highest BCUT2D eigenvalue weighted by Crippen LogP contribution is 2.20. The standard InChI is InChI=1S/C7H13N2.CHF3O3S/c1-4-9(3)6-5-8-7(9)2;2-1(3,4)8(5,6)7/h5-6H,4H2,1-3H3;(H,5,6,7)/q+1;/p-1. The molecule has 0 aromatic carbocycles. The number of hydrogen-bond donors (Lipinski definition) is 0. The van der Waals surface area contributed by atoms with E-state index >= 15 is 0 Å². The van der Waals surface area contributed by atoms with Crippen molar-refractivity contribution in [2.24, 2.45) is 4.99 Å². The van der Waals surface area contributed by atoms with Gasteiger partial charge in [-0.1, -0.05) is 0 Å². The monoisotopic (exact) mass is 274 g/mol. The van der Waals surface area contributed by atoms with Crippen LogP contribution >= 0.6 is 0 Å². The molecule has 0 saturated carbocycles. The summed E-state index contributed by atoms with van der Waals surface area (Å²) in [5.74, 6) is 1.18. The predicted molar refractivity (Wildman–Crippen MR) is 54.7 cm³/mol. The van der Waals surface area contributed by atoms with E-state index in [-0.39, 0.29) is 0 Å². The highest BCUT2D eigenvalue weighted by Gasteiger charge is 2.36. The Bertz CT molecular complexity index is 428. The maximum absolute atomic E-state index is 10.7.